The fraction of sp³-hybridized carbons (Fsp3) is 0.235. The van der Waals surface area contributed by atoms with Gasteiger partial charge < -0.3 is 9.47 Å². The van der Waals surface area contributed by atoms with Crippen molar-refractivity contribution in [2.24, 2.45) is 0 Å². The summed E-state index contributed by atoms with van der Waals surface area (Å²) in [5.74, 6) is 0.0485. The first-order valence-electron chi connectivity index (χ1n) is 6.99. The fourth-order valence-corrected chi connectivity index (χ4v) is 3.51. The van der Waals surface area contributed by atoms with Crippen LogP contribution in [0.5, 0.6) is 5.75 Å². The van der Waals surface area contributed by atoms with Gasteiger partial charge in [-0.05, 0) is 43.7 Å². The summed E-state index contributed by atoms with van der Waals surface area (Å²) in [6.45, 7) is 4.44. The van der Waals surface area contributed by atoms with Crippen LogP contribution in [0.2, 0.25) is 0 Å². The molecule has 1 aromatic carbocycles. The maximum atomic E-state index is 13.5. The van der Waals surface area contributed by atoms with Crippen molar-refractivity contribution in [3.8, 4) is 16.2 Å². The first kappa shape index (κ1) is 14.8. The second-order valence-electron chi connectivity index (χ2n) is 4.97. The van der Waals surface area contributed by atoms with E-state index in [1.807, 2.05) is 13.0 Å². The Morgan fingerprint density at radius 3 is 3.05 bits per heavy atom. The zero-order valence-corrected chi connectivity index (χ0v) is 13.1. The summed E-state index contributed by atoms with van der Waals surface area (Å²) in [6.07, 6.45) is 1.48. The second-order valence-corrected chi connectivity index (χ2v) is 6.03. The molecule has 1 aliphatic heterocycles. The predicted molar refractivity (Wildman–Crippen MR) is 84.3 cm³/mol. The van der Waals surface area contributed by atoms with Gasteiger partial charge in [0.2, 0.25) is 0 Å². The number of fused-ring (bicyclic) bond motifs is 3. The third kappa shape index (κ3) is 2.76. The van der Waals surface area contributed by atoms with E-state index in [0.717, 1.165) is 26.5 Å². The summed E-state index contributed by atoms with van der Waals surface area (Å²) >= 11 is 1.53. The van der Waals surface area contributed by atoms with Gasteiger partial charge in [0.25, 0.3) is 0 Å². The molecule has 1 aromatic heterocycles. The van der Waals surface area contributed by atoms with Gasteiger partial charge in [-0.15, -0.1) is 11.3 Å². The molecule has 3 nitrogen and oxygen atoms in total. The smallest absolute Gasteiger partial charge is 0.331 e. The summed E-state index contributed by atoms with van der Waals surface area (Å²) < 4.78 is 24.1. The van der Waals surface area contributed by atoms with Crippen LogP contribution in [0.1, 0.15) is 24.3 Å². The van der Waals surface area contributed by atoms with Crippen LogP contribution in [0.4, 0.5) is 4.39 Å². The molecule has 22 heavy (non-hydrogen) atoms. The first-order chi connectivity index (χ1) is 10.6. The Kier molecular flexibility index (Phi) is 3.98. The highest BCUT2D eigenvalue weighted by molar-refractivity contribution is 7.16. The largest absolute Gasteiger partial charge is 0.488 e. The maximum Gasteiger partial charge on any atom is 0.331 e. The van der Waals surface area contributed by atoms with Crippen LogP contribution in [0.3, 0.4) is 0 Å². The van der Waals surface area contributed by atoms with Crippen LogP contribution in [0.25, 0.3) is 16.0 Å². The molecule has 0 unspecified atom stereocenters. The van der Waals surface area contributed by atoms with E-state index < -0.39 is 0 Å². The molecule has 0 N–H and O–H groups in total. The van der Waals surface area contributed by atoms with Crippen molar-refractivity contribution in [2.75, 3.05) is 6.61 Å². The lowest BCUT2D eigenvalue weighted by atomic mass is 10.1. The molecule has 2 aromatic rings. The highest BCUT2D eigenvalue weighted by atomic mass is 32.1. The highest BCUT2D eigenvalue weighted by Gasteiger charge is 2.21. The molecule has 5 heteroatoms. The summed E-state index contributed by atoms with van der Waals surface area (Å²) in [5, 5.41) is 0. The average molecular weight is 318 g/mol. The number of rotatable bonds is 3. The maximum absolute atomic E-state index is 13.5. The summed E-state index contributed by atoms with van der Waals surface area (Å²) in [7, 11) is 0. The van der Waals surface area contributed by atoms with Gasteiger partial charge in [0, 0.05) is 27.0 Å². The summed E-state index contributed by atoms with van der Waals surface area (Å²) in [6, 6.07) is 6.51. The van der Waals surface area contributed by atoms with Gasteiger partial charge >= 0.3 is 5.97 Å². The van der Waals surface area contributed by atoms with Gasteiger partial charge in [0.1, 0.15) is 18.2 Å². The van der Waals surface area contributed by atoms with Gasteiger partial charge in [-0.2, -0.15) is 0 Å². The molecule has 0 spiro atoms. The third-order valence-corrected chi connectivity index (χ3v) is 4.73. The van der Waals surface area contributed by atoms with Crippen molar-refractivity contribution < 1.29 is 18.7 Å². The number of carbonyl (C=O) groups excluding carboxylic acids is 1. The molecule has 3 rings (SSSR count). The van der Waals surface area contributed by atoms with Crippen molar-refractivity contribution >= 4 is 22.9 Å². The molecule has 0 radical (unpaired) electrons. The normalized spacial score (nSPS) is 13.1. The van der Waals surface area contributed by atoms with Gasteiger partial charge in [-0.25, -0.2) is 9.18 Å². The van der Waals surface area contributed by atoms with Gasteiger partial charge in [-0.1, -0.05) is 0 Å². The first-order valence-corrected chi connectivity index (χ1v) is 7.81. The van der Waals surface area contributed by atoms with E-state index in [1.54, 1.807) is 13.0 Å². The topological polar surface area (TPSA) is 35.5 Å². The van der Waals surface area contributed by atoms with Gasteiger partial charge in [0.15, 0.2) is 0 Å². The van der Waals surface area contributed by atoms with Crippen LogP contribution in [0.15, 0.2) is 30.3 Å². The highest BCUT2D eigenvalue weighted by Crippen LogP contribution is 2.44. The minimum Gasteiger partial charge on any atom is -0.488 e. The average Bonchev–Trinajstić information content (AvgIpc) is 2.92. The standard InChI is InChI=1S/C17H15FO3S/c1-3-20-16(19)6-10(2)15-7-11-9-21-14-5-4-12(18)8-13(14)17(11)22-15/h4-8H,3,9H2,1-2H3/b10-6+. The van der Waals surface area contributed by atoms with Crippen LogP contribution >= 0.6 is 11.3 Å². The predicted octanol–water partition coefficient (Wildman–Crippen LogP) is 4.41. The monoisotopic (exact) mass is 318 g/mol. The zero-order chi connectivity index (χ0) is 15.7. The molecule has 0 amide bonds. The number of carbonyl (C=O) groups is 1. The molecule has 0 aliphatic carbocycles. The SMILES string of the molecule is CCOC(=O)/C=C(\C)c1cc2c(s1)-c1cc(F)ccc1OC2. The number of thiophene rings is 1. The van der Waals surface area contributed by atoms with E-state index >= 15 is 0 Å². The quantitative estimate of drug-likeness (QED) is 0.621. The Morgan fingerprint density at radius 1 is 1.45 bits per heavy atom. The Labute approximate surface area is 132 Å². The number of allylic oxidation sites excluding steroid dienone is 1. The lowest BCUT2D eigenvalue weighted by Crippen LogP contribution is -2.02. The van der Waals surface area contributed by atoms with Crippen molar-refractivity contribution in [3.63, 3.8) is 0 Å². The Bertz CT molecular complexity index is 761. The van der Waals surface area contributed by atoms with E-state index in [0.29, 0.717) is 19.0 Å². The molecule has 2 heterocycles. The minimum absolute atomic E-state index is 0.288. The van der Waals surface area contributed by atoms with E-state index in [2.05, 4.69) is 0 Å². The van der Waals surface area contributed by atoms with E-state index in [1.165, 1.54) is 29.5 Å². The summed E-state index contributed by atoms with van der Waals surface area (Å²) in [4.78, 5) is 13.5. The van der Waals surface area contributed by atoms with E-state index in [9.17, 15) is 9.18 Å². The molecule has 114 valence electrons. The van der Waals surface area contributed by atoms with Crippen LogP contribution < -0.4 is 4.74 Å². The molecule has 0 saturated heterocycles. The lowest BCUT2D eigenvalue weighted by molar-refractivity contribution is -0.137. The molecule has 0 bridgehead atoms. The van der Waals surface area contributed by atoms with Gasteiger partial charge in [-0.3, -0.25) is 0 Å². The number of ether oxygens (including phenoxy) is 2. The number of esters is 1. The summed E-state index contributed by atoms with van der Waals surface area (Å²) in [5.41, 5.74) is 2.60. The van der Waals surface area contributed by atoms with Crippen molar-refractivity contribution in [3.05, 3.63) is 46.6 Å². The number of hydrogen-bond acceptors (Lipinski definition) is 4. The van der Waals surface area contributed by atoms with Crippen molar-refractivity contribution in [1.29, 1.82) is 0 Å². The molecular formula is C17H15FO3S. The Hall–Kier alpha value is -2.14. The van der Waals surface area contributed by atoms with Crippen molar-refractivity contribution in [1.82, 2.24) is 0 Å². The molecule has 1 aliphatic rings. The minimum atomic E-state index is -0.353. The van der Waals surface area contributed by atoms with Gasteiger partial charge in [0.05, 0.1) is 6.61 Å². The number of benzene rings is 1. The van der Waals surface area contributed by atoms with E-state index in [4.69, 9.17) is 9.47 Å². The Morgan fingerprint density at radius 2 is 2.27 bits per heavy atom. The van der Waals surface area contributed by atoms with E-state index in [-0.39, 0.29) is 11.8 Å². The van der Waals surface area contributed by atoms with Crippen molar-refractivity contribution in [2.45, 2.75) is 20.5 Å². The molecule has 0 saturated carbocycles. The lowest BCUT2D eigenvalue weighted by Gasteiger charge is -2.17. The zero-order valence-electron chi connectivity index (χ0n) is 12.3. The van der Waals surface area contributed by atoms with Crippen LogP contribution in [0, 0.1) is 5.82 Å². The fourth-order valence-electron chi connectivity index (χ4n) is 2.35. The molecule has 0 atom stereocenters. The van der Waals surface area contributed by atoms with Crippen LogP contribution in [-0.4, -0.2) is 12.6 Å². The third-order valence-electron chi connectivity index (χ3n) is 3.39. The van der Waals surface area contributed by atoms with Crippen LogP contribution in [-0.2, 0) is 16.1 Å². The number of halogens is 1. The molecule has 0 fully saturated rings. The molecular weight excluding hydrogens is 303 g/mol. The number of hydrogen-bond donors (Lipinski definition) is 0. The Balaban J connectivity index is 1.98. The second kappa shape index (κ2) is 5.93.